The summed E-state index contributed by atoms with van der Waals surface area (Å²) in [5.74, 6) is -0.890. The van der Waals surface area contributed by atoms with Gasteiger partial charge in [0, 0.05) is 11.5 Å². The van der Waals surface area contributed by atoms with Gasteiger partial charge in [0.2, 0.25) is 0 Å². The van der Waals surface area contributed by atoms with Crippen LogP contribution in [0.4, 0.5) is 0 Å². The van der Waals surface area contributed by atoms with Crippen LogP contribution < -0.4 is 0 Å². The van der Waals surface area contributed by atoms with E-state index in [2.05, 4.69) is 45.2 Å². The number of aliphatic hydroxyl groups is 1. The first-order valence-corrected chi connectivity index (χ1v) is 9.89. The summed E-state index contributed by atoms with van der Waals surface area (Å²) in [7, 11) is -0.645. The van der Waals surface area contributed by atoms with Crippen LogP contribution in [0.15, 0.2) is 12.2 Å². The van der Waals surface area contributed by atoms with E-state index in [0.717, 1.165) is 0 Å². The average Bonchev–Trinajstić information content (AvgIpc) is 2.32. The molecule has 0 aliphatic heterocycles. The van der Waals surface area contributed by atoms with Crippen LogP contribution in [0.5, 0.6) is 0 Å². The molecule has 0 radical (unpaired) electrons. The molecule has 118 valence electrons. The zero-order chi connectivity index (χ0) is 16.3. The molecule has 0 fully saturated rings. The van der Waals surface area contributed by atoms with Crippen molar-refractivity contribution in [2.75, 3.05) is 7.11 Å². The van der Waals surface area contributed by atoms with E-state index in [1.165, 1.54) is 7.11 Å². The smallest absolute Gasteiger partial charge is 0.333 e. The molecule has 0 saturated carbocycles. The third-order valence-corrected chi connectivity index (χ3v) is 8.85. The van der Waals surface area contributed by atoms with Crippen molar-refractivity contribution in [3.05, 3.63) is 12.2 Å². The normalized spacial score (nSPS) is 17.2. The molecule has 0 heterocycles. The van der Waals surface area contributed by atoms with E-state index in [4.69, 9.17) is 4.43 Å². The van der Waals surface area contributed by atoms with Gasteiger partial charge in [-0.1, -0.05) is 34.3 Å². The summed E-state index contributed by atoms with van der Waals surface area (Å²) in [6.07, 6.45) is -1.14. The van der Waals surface area contributed by atoms with E-state index in [0.29, 0.717) is 0 Å². The lowest BCUT2D eigenvalue weighted by Gasteiger charge is -2.40. The summed E-state index contributed by atoms with van der Waals surface area (Å²) in [4.78, 5) is 11.5. The van der Waals surface area contributed by atoms with E-state index in [1.54, 1.807) is 6.92 Å². The Morgan fingerprint density at radius 2 is 1.70 bits per heavy atom. The Balaban J connectivity index is 4.83. The van der Waals surface area contributed by atoms with Gasteiger partial charge < -0.3 is 14.3 Å². The summed E-state index contributed by atoms with van der Waals surface area (Å²) >= 11 is 0. The molecule has 0 unspecified atom stereocenters. The molecule has 0 aliphatic carbocycles. The van der Waals surface area contributed by atoms with Crippen molar-refractivity contribution in [2.45, 2.75) is 65.0 Å². The zero-order valence-electron chi connectivity index (χ0n) is 14.1. The van der Waals surface area contributed by atoms with Crippen LogP contribution in [-0.4, -0.2) is 38.7 Å². The Morgan fingerprint density at radius 3 is 2.05 bits per heavy atom. The molecular formula is C15H30O4Si. The van der Waals surface area contributed by atoms with Crippen molar-refractivity contribution in [3.8, 4) is 0 Å². The Hall–Kier alpha value is -0.653. The lowest BCUT2D eigenvalue weighted by atomic mass is 9.93. The molecule has 3 atom stereocenters. The van der Waals surface area contributed by atoms with E-state index in [9.17, 15) is 9.90 Å². The number of esters is 1. The third-order valence-electron chi connectivity index (χ3n) is 4.28. The Bertz CT molecular complexity index is 357. The number of hydrogen-bond acceptors (Lipinski definition) is 4. The molecule has 1 N–H and O–H groups in total. The van der Waals surface area contributed by atoms with E-state index in [-0.39, 0.29) is 16.7 Å². The van der Waals surface area contributed by atoms with Crippen molar-refractivity contribution in [2.24, 2.45) is 5.92 Å². The molecular weight excluding hydrogens is 272 g/mol. The Kier molecular flexibility index (Phi) is 6.65. The topological polar surface area (TPSA) is 55.8 Å². The highest BCUT2D eigenvalue weighted by molar-refractivity contribution is 6.74. The van der Waals surface area contributed by atoms with Gasteiger partial charge in [0.05, 0.1) is 19.3 Å². The Labute approximate surface area is 124 Å². The summed E-state index contributed by atoms with van der Waals surface area (Å²) in [6, 6.07) is 0. The number of carbonyl (C=O) groups excluding carboxylic acids is 1. The highest BCUT2D eigenvalue weighted by Gasteiger charge is 2.40. The minimum atomic E-state index is -1.95. The molecule has 0 aromatic rings. The molecule has 0 aromatic carbocycles. The van der Waals surface area contributed by atoms with Gasteiger partial charge >= 0.3 is 5.97 Å². The molecule has 0 saturated heterocycles. The van der Waals surface area contributed by atoms with Crippen molar-refractivity contribution < 1.29 is 19.1 Å². The number of carbonyl (C=O) groups is 1. The maximum absolute atomic E-state index is 11.5. The van der Waals surface area contributed by atoms with Crippen LogP contribution in [0, 0.1) is 5.92 Å². The molecule has 0 aromatic heterocycles. The van der Waals surface area contributed by atoms with Gasteiger partial charge in [-0.15, -0.1) is 0 Å². The van der Waals surface area contributed by atoms with Crippen LogP contribution in [0.25, 0.3) is 0 Å². The molecule has 20 heavy (non-hydrogen) atoms. The highest BCUT2D eigenvalue weighted by Crippen LogP contribution is 2.38. The first-order valence-electron chi connectivity index (χ1n) is 6.98. The quantitative estimate of drug-likeness (QED) is 0.465. The predicted octanol–water partition coefficient (Wildman–Crippen LogP) is 3.12. The minimum absolute atomic E-state index is 0.0730. The third kappa shape index (κ3) is 4.72. The lowest BCUT2D eigenvalue weighted by Crippen LogP contribution is -2.47. The van der Waals surface area contributed by atoms with E-state index >= 15 is 0 Å². The molecule has 0 spiro atoms. The summed E-state index contributed by atoms with van der Waals surface area (Å²) in [5.41, 5.74) is 0.269. The monoisotopic (exact) mass is 302 g/mol. The molecule has 0 aliphatic rings. The van der Waals surface area contributed by atoms with Crippen LogP contribution >= 0.6 is 0 Å². The fraction of sp³-hybridized carbons (Fsp3) is 0.800. The number of ether oxygens (including phenoxy) is 1. The van der Waals surface area contributed by atoms with E-state index in [1.807, 2.05) is 6.92 Å². The Morgan fingerprint density at radius 1 is 1.25 bits per heavy atom. The fourth-order valence-corrected chi connectivity index (χ4v) is 3.06. The second-order valence-corrected chi connectivity index (χ2v) is 11.6. The zero-order valence-corrected chi connectivity index (χ0v) is 15.1. The SMILES string of the molecule is C=C(C(=O)OC)[C@@H](C)[C@H](O)[C@@H](C)O[Si](C)(C)C(C)(C)C. The molecule has 4 nitrogen and oxygen atoms in total. The van der Waals surface area contributed by atoms with Crippen molar-refractivity contribution >= 4 is 14.3 Å². The van der Waals surface area contributed by atoms with Gasteiger partial charge in [0.1, 0.15) is 0 Å². The molecule has 5 heteroatoms. The summed E-state index contributed by atoms with van der Waals surface area (Å²) < 4.78 is 10.8. The fourth-order valence-electron chi connectivity index (χ4n) is 1.64. The standard InChI is InChI=1S/C15H30O4Si/c1-10(11(2)14(17)18-7)13(16)12(3)19-20(8,9)15(4,5)6/h10,12-13,16H,2H2,1,3-9H3/t10-,12-,13+/m1/s1. The second kappa shape index (κ2) is 6.87. The lowest BCUT2D eigenvalue weighted by molar-refractivity contribution is -0.137. The van der Waals surface area contributed by atoms with Gasteiger partial charge in [0.25, 0.3) is 0 Å². The number of aliphatic hydroxyl groups excluding tert-OH is 1. The number of rotatable bonds is 6. The molecule has 0 rings (SSSR count). The predicted molar refractivity (Wildman–Crippen MR) is 84.1 cm³/mol. The molecule has 0 amide bonds. The van der Waals surface area contributed by atoms with E-state index < -0.39 is 26.3 Å². The van der Waals surface area contributed by atoms with Crippen LogP contribution in [0.3, 0.4) is 0 Å². The maximum Gasteiger partial charge on any atom is 0.333 e. The van der Waals surface area contributed by atoms with Crippen molar-refractivity contribution in [3.63, 3.8) is 0 Å². The maximum atomic E-state index is 11.5. The van der Waals surface area contributed by atoms with Gasteiger partial charge in [0.15, 0.2) is 8.32 Å². The van der Waals surface area contributed by atoms with Crippen LogP contribution in [-0.2, 0) is 14.0 Å². The minimum Gasteiger partial charge on any atom is -0.466 e. The second-order valence-electron chi connectivity index (χ2n) is 6.88. The number of hydrogen-bond donors (Lipinski definition) is 1. The first-order chi connectivity index (χ1) is 8.85. The van der Waals surface area contributed by atoms with Crippen LogP contribution in [0.1, 0.15) is 34.6 Å². The molecule has 0 bridgehead atoms. The first kappa shape index (κ1) is 19.3. The van der Waals surface area contributed by atoms with Crippen molar-refractivity contribution in [1.29, 1.82) is 0 Å². The van der Waals surface area contributed by atoms with Gasteiger partial charge in [-0.25, -0.2) is 4.79 Å². The van der Waals surface area contributed by atoms with Gasteiger partial charge in [-0.2, -0.15) is 0 Å². The van der Waals surface area contributed by atoms with Gasteiger partial charge in [-0.05, 0) is 25.1 Å². The largest absolute Gasteiger partial charge is 0.466 e. The van der Waals surface area contributed by atoms with Gasteiger partial charge in [-0.3, -0.25) is 0 Å². The van der Waals surface area contributed by atoms with Crippen molar-refractivity contribution in [1.82, 2.24) is 0 Å². The highest BCUT2D eigenvalue weighted by atomic mass is 28.4. The van der Waals surface area contributed by atoms with Crippen LogP contribution in [0.2, 0.25) is 18.1 Å². The summed E-state index contributed by atoms with van der Waals surface area (Å²) in [6.45, 7) is 18.0. The number of methoxy groups -OCH3 is 1. The summed E-state index contributed by atoms with van der Waals surface area (Å²) in [5, 5.41) is 10.4. The average molecular weight is 302 g/mol.